The van der Waals surface area contributed by atoms with E-state index in [1.54, 1.807) is 12.1 Å². The number of likely N-dealkylation sites (tertiary alicyclic amines) is 1. The molecule has 1 aromatic rings. The Hall–Kier alpha value is -1.46. The third kappa shape index (κ3) is 5.59. The van der Waals surface area contributed by atoms with Crippen LogP contribution in [0.1, 0.15) is 38.7 Å². The Bertz CT molecular complexity index is 492. The molecule has 2 atom stereocenters. The molecule has 1 aliphatic heterocycles. The summed E-state index contributed by atoms with van der Waals surface area (Å²) in [6.07, 6.45) is 3.09. The van der Waals surface area contributed by atoms with Crippen LogP contribution in [0.15, 0.2) is 24.3 Å². The van der Waals surface area contributed by atoms with Gasteiger partial charge in [-0.2, -0.15) is 0 Å². The highest BCUT2D eigenvalue weighted by Crippen LogP contribution is 2.20. The summed E-state index contributed by atoms with van der Waals surface area (Å²) in [5.74, 6) is -0.115. The average Bonchev–Trinajstić information content (AvgIpc) is 2.55. The van der Waals surface area contributed by atoms with Crippen LogP contribution in [0.4, 0.5) is 4.39 Å². The second-order valence-corrected chi connectivity index (χ2v) is 6.31. The van der Waals surface area contributed by atoms with E-state index in [1.165, 1.54) is 12.1 Å². The number of rotatable bonds is 7. The number of amides is 1. The van der Waals surface area contributed by atoms with Crippen LogP contribution in [-0.2, 0) is 11.3 Å². The van der Waals surface area contributed by atoms with Crippen molar-refractivity contribution in [1.29, 1.82) is 0 Å². The molecule has 0 radical (unpaired) electrons. The Morgan fingerprint density at radius 3 is 2.78 bits per heavy atom. The molecular weight excluding hydrogens is 293 g/mol. The molecular formula is C18H28FN3O. The Morgan fingerprint density at radius 2 is 2.09 bits per heavy atom. The third-order valence-corrected chi connectivity index (χ3v) is 4.35. The van der Waals surface area contributed by atoms with Crippen molar-refractivity contribution < 1.29 is 9.18 Å². The molecule has 0 saturated carbocycles. The molecule has 0 aromatic heterocycles. The molecule has 1 fully saturated rings. The smallest absolute Gasteiger partial charge is 0.237 e. The highest BCUT2D eigenvalue weighted by molar-refractivity contribution is 5.81. The third-order valence-electron chi connectivity index (χ3n) is 4.35. The monoisotopic (exact) mass is 321 g/mol. The predicted octanol–water partition coefficient (Wildman–Crippen LogP) is 2.29. The molecule has 0 aliphatic carbocycles. The maximum Gasteiger partial charge on any atom is 0.237 e. The Kier molecular flexibility index (Phi) is 6.99. The summed E-state index contributed by atoms with van der Waals surface area (Å²) >= 11 is 0. The van der Waals surface area contributed by atoms with Gasteiger partial charge in [0.05, 0.1) is 6.04 Å². The first kappa shape index (κ1) is 17.9. The summed E-state index contributed by atoms with van der Waals surface area (Å²) in [6.45, 7) is 7.29. The van der Waals surface area contributed by atoms with Crippen LogP contribution in [0.5, 0.6) is 0 Å². The van der Waals surface area contributed by atoms with E-state index in [9.17, 15) is 9.18 Å². The van der Waals surface area contributed by atoms with E-state index in [0.29, 0.717) is 13.1 Å². The lowest BCUT2D eigenvalue weighted by molar-refractivity contribution is -0.128. The Labute approximate surface area is 138 Å². The van der Waals surface area contributed by atoms with Crippen molar-refractivity contribution in [3.05, 3.63) is 35.6 Å². The fourth-order valence-corrected chi connectivity index (χ4v) is 3.09. The van der Waals surface area contributed by atoms with Gasteiger partial charge in [0.15, 0.2) is 0 Å². The number of halogens is 1. The lowest BCUT2D eigenvalue weighted by Crippen LogP contribution is -2.51. The standard InChI is InChI=1S/C18H28FN3O/c1-3-20-14(2)12-21-18(23)17-6-4-5-11-22(17)13-15-7-9-16(19)10-8-15/h7-10,14,17,20H,3-6,11-13H2,1-2H3,(H,21,23)/t14-,17?/m1/s1. The largest absolute Gasteiger partial charge is 0.353 e. The minimum atomic E-state index is -0.223. The SMILES string of the molecule is CCN[C@H](C)CNC(=O)C1CCCCN1Cc1ccc(F)cc1. The van der Waals surface area contributed by atoms with Crippen molar-refractivity contribution in [2.75, 3.05) is 19.6 Å². The molecule has 5 heteroatoms. The van der Waals surface area contributed by atoms with Crippen molar-refractivity contribution in [3.63, 3.8) is 0 Å². The summed E-state index contributed by atoms with van der Waals surface area (Å²) < 4.78 is 13.0. The minimum absolute atomic E-state index is 0.0809. The number of likely N-dealkylation sites (N-methyl/N-ethyl adjacent to an activating group) is 1. The first-order chi connectivity index (χ1) is 11.1. The average molecular weight is 321 g/mol. The van der Waals surface area contributed by atoms with Crippen molar-refractivity contribution in [2.24, 2.45) is 0 Å². The molecule has 2 rings (SSSR count). The molecule has 2 N–H and O–H groups in total. The predicted molar refractivity (Wildman–Crippen MR) is 90.6 cm³/mol. The minimum Gasteiger partial charge on any atom is -0.353 e. The normalized spacial score (nSPS) is 20.2. The second kappa shape index (κ2) is 8.99. The van der Waals surface area contributed by atoms with Gasteiger partial charge in [0.1, 0.15) is 5.82 Å². The molecule has 1 amide bonds. The molecule has 23 heavy (non-hydrogen) atoms. The van der Waals surface area contributed by atoms with Crippen molar-refractivity contribution >= 4 is 5.91 Å². The molecule has 1 saturated heterocycles. The number of carbonyl (C=O) groups is 1. The van der Waals surface area contributed by atoms with E-state index in [2.05, 4.69) is 29.4 Å². The molecule has 128 valence electrons. The van der Waals surface area contributed by atoms with Gasteiger partial charge in [-0.1, -0.05) is 25.5 Å². The van der Waals surface area contributed by atoms with Gasteiger partial charge in [-0.15, -0.1) is 0 Å². The van der Waals surface area contributed by atoms with Crippen molar-refractivity contribution in [3.8, 4) is 0 Å². The molecule has 4 nitrogen and oxygen atoms in total. The zero-order valence-electron chi connectivity index (χ0n) is 14.1. The molecule has 0 bridgehead atoms. The number of piperidine rings is 1. The highest BCUT2D eigenvalue weighted by Gasteiger charge is 2.28. The second-order valence-electron chi connectivity index (χ2n) is 6.31. The van der Waals surface area contributed by atoms with Gasteiger partial charge in [-0.25, -0.2) is 4.39 Å². The highest BCUT2D eigenvalue weighted by atomic mass is 19.1. The van der Waals surface area contributed by atoms with E-state index >= 15 is 0 Å². The van der Waals surface area contributed by atoms with Gasteiger partial charge in [-0.05, 0) is 50.6 Å². The van der Waals surface area contributed by atoms with Crippen LogP contribution < -0.4 is 10.6 Å². The molecule has 0 spiro atoms. The van der Waals surface area contributed by atoms with Gasteiger partial charge in [0.25, 0.3) is 0 Å². The zero-order chi connectivity index (χ0) is 16.7. The van der Waals surface area contributed by atoms with E-state index in [0.717, 1.165) is 37.9 Å². The summed E-state index contributed by atoms with van der Waals surface area (Å²) in [6, 6.07) is 6.75. The van der Waals surface area contributed by atoms with E-state index < -0.39 is 0 Å². The summed E-state index contributed by atoms with van der Waals surface area (Å²) in [5, 5.41) is 6.35. The summed E-state index contributed by atoms with van der Waals surface area (Å²) in [7, 11) is 0. The van der Waals surface area contributed by atoms with Crippen LogP contribution in [0.2, 0.25) is 0 Å². The number of hydrogen-bond acceptors (Lipinski definition) is 3. The van der Waals surface area contributed by atoms with Gasteiger partial charge in [0, 0.05) is 19.1 Å². The Balaban J connectivity index is 1.92. The zero-order valence-corrected chi connectivity index (χ0v) is 14.1. The van der Waals surface area contributed by atoms with Crippen LogP contribution in [-0.4, -0.2) is 42.5 Å². The number of nitrogens with zero attached hydrogens (tertiary/aromatic N) is 1. The number of hydrogen-bond donors (Lipinski definition) is 2. The first-order valence-corrected chi connectivity index (χ1v) is 8.59. The van der Waals surface area contributed by atoms with E-state index in [-0.39, 0.29) is 23.8 Å². The summed E-state index contributed by atoms with van der Waals surface area (Å²) in [4.78, 5) is 14.7. The number of carbonyl (C=O) groups excluding carboxylic acids is 1. The topological polar surface area (TPSA) is 44.4 Å². The number of benzene rings is 1. The fraction of sp³-hybridized carbons (Fsp3) is 0.611. The van der Waals surface area contributed by atoms with Crippen LogP contribution in [0.25, 0.3) is 0 Å². The molecule has 1 aromatic carbocycles. The summed E-state index contributed by atoms with van der Waals surface area (Å²) in [5.41, 5.74) is 1.05. The lowest BCUT2D eigenvalue weighted by atomic mass is 10.00. The van der Waals surface area contributed by atoms with Crippen LogP contribution >= 0.6 is 0 Å². The fourth-order valence-electron chi connectivity index (χ4n) is 3.09. The quantitative estimate of drug-likeness (QED) is 0.810. The number of nitrogens with one attached hydrogen (secondary N) is 2. The molecule has 1 aliphatic rings. The van der Waals surface area contributed by atoms with E-state index in [4.69, 9.17) is 0 Å². The van der Waals surface area contributed by atoms with Gasteiger partial charge < -0.3 is 10.6 Å². The van der Waals surface area contributed by atoms with Crippen molar-refractivity contribution in [1.82, 2.24) is 15.5 Å². The Morgan fingerprint density at radius 1 is 1.35 bits per heavy atom. The lowest BCUT2D eigenvalue weighted by Gasteiger charge is -2.35. The molecule has 1 unspecified atom stereocenters. The maximum atomic E-state index is 13.0. The maximum absolute atomic E-state index is 13.0. The van der Waals surface area contributed by atoms with Gasteiger partial charge in [0.2, 0.25) is 5.91 Å². The van der Waals surface area contributed by atoms with Crippen LogP contribution in [0, 0.1) is 5.82 Å². The van der Waals surface area contributed by atoms with Crippen LogP contribution in [0.3, 0.4) is 0 Å². The first-order valence-electron chi connectivity index (χ1n) is 8.59. The van der Waals surface area contributed by atoms with Gasteiger partial charge in [-0.3, -0.25) is 9.69 Å². The van der Waals surface area contributed by atoms with E-state index in [1.807, 2.05) is 0 Å². The molecule has 1 heterocycles. The van der Waals surface area contributed by atoms with Crippen molar-refractivity contribution in [2.45, 2.75) is 51.7 Å². The van der Waals surface area contributed by atoms with Gasteiger partial charge >= 0.3 is 0 Å².